The number of rotatable bonds is 7. The molecule has 0 saturated carbocycles. The molecule has 0 saturated heterocycles. The standard InChI is InChI=1S/C25H21ClN4O3/c1-33-16-23(31)27-19-6-5-7-20(14-19)28-25(32)22-15-30(21-8-3-2-4-9-21)29-24(22)17-10-12-18(26)13-11-17/h2-15H,16H2,1H3,(H,27,31)(H,28,32). The SMILES string of the molecule is COCC(=O)Nc1cccc(NC(=O)c2cn(-c3ccccc3)nc2-c2ccc(Cl)cc2)c1. The number of hydrogen-bond acceptors (Lipinski definition) is 4. The summed E-state index contributed by atoms with van der Waals surface area (Å²) in [6, 6.07) is 23.6. The van der Waals surface area contributed by atoms with Crippen molar-refractivity contribution in [3.63, 3.8) is 0 Å². The molecule has 2 amide bonds. The summed E-state index contributed by atoms with van der Waals surface area (Å²) in [6.45, 7) is -0.0558. The van der Waals surface area contributed by atoms with Gasteiger partial charge < -0.3 is 15.4 Å². The minimum absolute atomic E-state index is 0.0558. The lowest BCUT2D eigenvalue weighted by Crippen LogP contribution is -2.17. The van der Waals surface area contributed by atoms with Gasteiger partial charge >= 0.3 is 0 Å². The summed E-state index contributed by atoms with van der Waals surface area (Å²) in [4.78, 5) is 25.0. The molecule has 3 aromatic carbocycles. The Morgan fingerprint density at radius 1 is 0.939 bits per heavy atom. The van der Waals surface area contributed by atoms with Gasteiger partial charge in [-0.25, -0.2) is 4.68 Å². The molecule has 0 fully saturated rings. The lowest BCUT2D eigenvalue weighted by atomic mass is 10.1. The molecule has 1 aromatic heterocycles. The monoisotopic (exact) mass is 460 g/mol. The van der Waals surface area contributed by atoms with E-state index in [0.29, 0.717) is 27.7 Å². The van der Waals surface area contributed by atoms with Crippen LogP contribution in [0, 0.1) is 0 Å². The fourth-order valence-electron chi connectivity index (χ4n) is 3.28. The molecular formula is C25H21ClN4O3. The molecule has 0 bridgehead atoms. The molecule has 0 unspecified atom stereocenters. The molecule has 33 heavy (non-hydrogen) atoms. The number of carbonyl (C=O) groups excluding carboxylic acids is 2. The van der Waals surface area contributed by atoms with Crippen molar-refractivity contribution in [3.8, 4) is 16.9 Å². The Bertz CT molecular complexity index is 1270. The third kappa shape index (κ3) is 5.46. The van der Waals surface area contributed by atoms with E-state index in [1.807, 2.05) is 42.5 Å². The first-order valence-corrected chi connectivity index (χ1v) is 10.5. The second kappa shape index (κ2) is 10.1. The van der Waals surface area contributed by atoms with Gasteiger partial charge in [0.15, 0.2) is 0 Å². The van der Waals surface area contributed by atoms with E-state index in [1.165, 1.54) is 7.11 Å². The van der Waals surface area contributed by atoms with E-state index in [1.54, 1.807) is 47.3 Å². The Balaban J connectivity index is 1.65. The lowest BCUT2D eigenvalue weighted by molar-refractivity contribution is -0.119. The summed E-state index contributed by atoms with van der Waals surface area (Å²) >= 11 is 6.04. The van der Waals surface area contributed by atoms with E-state index in [2.05, 4.69) is 15.7 Å². The van der Waals surface area contributed by atoms with Crippen molar-refractivity contribution in [1.82, 2.24) is 9.78 Å². The third-order valence-electron chi connectivity index (χ3n) is 4.78. The first kappa shape index (κ1) is 22.3. The van der Waals surface area contributed by atoms with Crippen molar-refractivity contribution in [3.05, 3.63) is 95.6 Å². The highest BCUT2D eigenvalue weighted by Crippen LogP contribution is 2.26. The number of amides is 2. The van der Waals surface area contributed by atoms with Crippen LogP contribution < -0.4 is 10.6 Å². The molecule has 7 nitrogen and oxygen atoms in total. The zero-order chi connectivity index (χ0) is 23.2. The van der Waals surface area contributed by atoms with Crippen LogP contribution in [0.2, 0.25) is 5.02 Å². The highest BCUT2D eigenvalue weighted by Gasteiger charge is 2.19. The fraction of sp³-hybridized carbons (Fsp3) is 0.0800. The van der Waals surface area contributed by atoms with Crippen LogP contribution in [-0.4, -0.2) is 35.3 Å². The Labute approximate surface area is 196 Å². The Hall–Kier alpha value is -3.94. The normalized spacial score (nSPS) is 10.6. The van der Waals surface area contributed by atoms with E-state index in [4.69, 9.17) is 16.3 Å². The fourth-order valence-corrected chi connectivity index (χ4v) is 3.40. The number of aromatic nitrogens is 2. The minimum atomic E-state index is -0.331. The second-order valence-corrected chi connectivity index (χ2v) is 7.63. The van der Waals surface area contributed by atoms with E-state index in [9.17, 15) is 9.59 Å². The highest BCUT2D eigenvalue weighted by atomic mass is 35.5. The van der Waals surface area contributed by atoms with E-state index < -0.39 is 0 Å². The number of hydrogen-bond donors (Lipinski definition) is 2. The van der Waals surface area contributed by atoms with Gasteiger partial charge in [-0.3, -0.25) is 9.59 Å². The molecule has 0 aliphatic rings. The van der Waals surface area contributed by atoms with Crippen LogP contribution in [0.15, 0.2) is 85.1 Å². The molecule has 0 radical (unpaired) electrons. The van der Waals surface area contributed by atoms with Crippen molar-refractivity contribution >= 4 is 34.8 Å². The molecule has 166 valence electrons. The third-order valence-corrected chi connectivity index (χ3v) is 5.03. The maximum atomic E-state index is 13.3. The van der Waals surface area contributed by atoms with Crippen molar-refractivity contribution < 1.29 is 14.3 Å². The van der Waals surface area contributed by atoms with Gasteiger partial charge in [-0.05, 0) is 42.5 Å². The molecule has 4 rings (SSSR count). The van der Waals surface area contributed by atoms with Gasteiger partial charge in [0.05, 0.1) is 11.3 Å². The summed E-state index contributed by atoms with van der Waals surface area (Å²) < 4.78 is 6.50. The number of benzene rings is 3. The molecule has 0 aliphatic carbocycles. The molecular weight excluding hydrogens is 440 g/mol. The van der Waals surface area contributed by atoms with Gasteiger partial charge in [0.1, 0.15) is 12.3 Å². The first-order valence-electron chi connectivity index (χ1n) is 10.1. The number of para-hydroxylation sites is 1. The van der Waals surface area contributed by atoms with Gasteiger partial charge in [-0.2, -0.15) is 5.10 Å². The number of halogens is 1. The van der Waals surface area contributed by atoms with Crippen LogP contribution in [0.3, 0.4) is 0 Å². The van der Waals surface area contributed by atoms with Crippen molar-refractivity contribution in [2.75, 3.05) is 24.4 Å². The zero-order valence-corrected chi connectivity index (χ0v) is 18.5. The number of carbonyl (C=O) groups is 2. The van der Waals surface area contributed by atoms with Gasteiger partial charge in [0, 0.05) is 35.3 Å². The summed E-state index contributed by atoms with van der Waals surface area (Å²) in [7, 11) is 1.45. The topological polar surface area (TPSA) is 85.3 Å². The predicted octanol–water partition coefficient (Wildman–Crippen LogP) is 5.03. The minimum Gasteiger partial charge on any atom is -0.375 e. The summed E-state index contributed by atoms with van der Waals surface area (Å²) in [6.07, 6.45) is 1.69. The number of methoxy groups -OCH3 is 1. The van der Waals surface area contributed by atoms with Crippen LogP contribution in [-0.2, 0) is 9.53 Å². The number of nitrogens with zero attached hydrogens (tertiary/aromatic N) is 2. The highest BCUT2D eigenvalue weighted by molar-refractivity contribution is 6.30. The molecule has 8 heteroatoms. The lowest BCUT2D eigenvalue weighted by Gasteiger charge is -2.09. The largest absolute Gasteiger partial charge is 0.375 e. The molecule has 0 atom stereocenters. The van der Waals surface area contributed by atoms with Gasteiger partial charge in [0.25, 0.3) is 5.91 Å². The van der Waals surface area contributed by atoms with Crippen LogP contribution in [0.25, 0.3) is 16.9 Å². The smallest absolute Gasteiger partial charge is 0.259 e. The van der Waals surface area contributed by atoms with Crippen LogP contribution >= 0.6 is 11.6 Å². The average molecular weight is 461 g/mol. The Morgan fingerprint density at radius 2 is 1.64 bits per heavy atom. The van der Waals surface area contributed by atoms with Crippen molar-refractivity contribution in [2.24, 2.45) is 0 Å². The maximum absolute atomic E-state index is 13.3. The quantitative estimate of drug-likeness (QED) is 0.405. The van der Waals surface area contributed by atoms with Crippen LogP contribution in [0.5, 0.6) is 0 Å². The number of ether oxygens (including phenoxy) is 1. The molecule has 4 aromatic rings. The van der Waals surface area contributed by atoms with E-state index in [-0.39, 0.29) is 18.4 Å². The maximum Gasteiger partial charge on any atom is 0.259 e. The summed E-state index contributed by atoms with van der Waals surface area (Å²) in [5.74, 6) is -0.613. The van der Waals surface area contributed by atoms with Crippen LogP contribution in [0.4, 0.5) is 11.4 Å². The van der Waals surface area contributed by atoms with Crippen molar-refractivity contribution in [2.45, 2.75) is 0 Å². The van der Waals surface area contributed by atoms with E-state index in [0.717, 1.165) is 11.3 Å². The number of anilines is 2. The summed E-state index contributed by atoms with van der Waals surface area (Å²) in [5, 5.41) is 10.9. The predicted molar refractivity (Wildman–Crippen MR) is 129 cm³/mol. The average Bonchev–Trinajstić information content (AvgIpc) is 3.26. The van der Waals surface area contributed by atoms with Gasteiger partial charge in [-0.15, -0.1) is 0 Å². The van der Waals surface area contributed by atoms with E-state index >= 15 is 0 Å². The molecule has 1 heterocycles. The molecule has 0 spiro atoms. The molecule has 0 aliphatic heterocycles. The Kier molecular flexibility index (Phi) is 6.83. The Morgan fingerprint density at radius 3 is 2.33 bits per heavy atom. The zero-order valence-electron chi connectivity index (χ0n) is 17.8. The summed E-state index contributed by atoms with van der Waals surface area (Å²) in [5.41, 5.74) is 3.60. The van der Waals surface area contributed by atoms with Gasteiger partial charge in [0.2, 0.25) is 5.91 Å². The number of nitrogens with one attached hydrogen (secondary N) is 2. The van der Waals surface area contributed by atoms with Crippen LogP contribution in [0.1, 0.15) is 10.4 Å². The second-order valence-electron chi connectivity index (χ2n) is 7.19. The van der Waals surface area contributed by atoms with Crippen molar-refractivity contribution in [1.29, 1.82) is 0 Å². The first-order chi connectivity index (χ1) is 16.0. The van der Waals surface area contributed by atoms with Gasteiger partial charge in [-0.1, -0.05) is 48.0 Å². The molecule has 2 N–H and O–H groups in total.